The van der Waals surface area contributed by atoms with Crippen LogP contribution in [0.1, 0.15) is 20.7 Å². The van der Waals surface area contributed by atoms with Gasteiger partial charge in [-0.2, -0.15) is 11.3 Å². The number of amides is 2. The third kappa shape index (κ3) is 4.13. The molecule has 0 aliphatic carbocycles. The molecule has 0 unspecified atom stereocenters. The zero-order valence-corrected chi connectivity index (χ0v) is 18.1. The molecule has 5 rings (SSSR count). The largest absolute Gasteiger partial charge is 0.336 e. The Bertz CT molecular complexity index is 1040. The van der Waals surface area contributed by atoms with Crippen molar-refractivity contribution in [2.45, 2.75) is 6.04 Å². The molecular weight excluding hydrogens is 406 g/mol. The highest BCUT2D eigenvalue weighted by Crippen LogP contribution is 2.23. The molecule has 6 heteroatoms. The van der Waals surface area contributed by atoms with Crippen molar-refractivity contribution in [1.82, 2.24) is 14.7 Å². The lowest BCUT2D eigenvalue weighted by Gasteiger charge is -2.48. The van der Waals surface area contributed by atoms with E-state index in [0.717, 1.165) is 61.5 Å². The average Bonchev–Trinajstić information content (AvgIpc) is 3.34. The molecule has 158 valence electrons. The van der Waals surface area contributed by atoms with Gasteiger partial charge in [0, 0.05) is 56.3 Å². The molecule has 0 saturated carbocycles. The Hall–Kier alpha value is -2.96. The average molecular weight is 432 g/mol. The summed E-state index contributed by atoms with van der Waals surface area (Å²) in [5.74, 6) is 0.229. The number of hydrogen-bond donors (Lipinski definition) is 0. The molecule has 0 radical (unpaired) electrons. The second kappa shape index (κ2) is 8.65. The third-order valence-corrected chi connectivity index (χ3v) is 6.96. The van der Waals surface area contributed by atoms with Gasteiger partial charge in [-0.25, -0.2) is 0 Å². The number of thiophene rings is 1. The van der Waals surface area contributed by atoms with Gasteiger partial charge in [0.2, 0.25) is 0 Å². The quantitative estimate of drug-likeness (QED) is 0.633. The van der Waals surface area contributed by atoms with Crippen LogP contribution in [0, 0.1) is 0 Å². The van der Waals surface area contributed by atoms with Gasteiger partial charge in [0.05, 0.1) is 5.56 Å². The van der Waals surface area contributed by atoms with Crippen LogP contribution in [-0.2, 0) is 0 Å². The standard InChI is InChI=1S/C25H25N3O2S/c29-24(21-8-6-20(7-9-21)19-4-2-1-3-5-19)28-16-23(17-28)26-11-13-27(14-12-26)25(30)22-10-15-31-18-22/h1-10,15,18,23H,11-14,16-17H2. The molecule has 5 nitrogen and oxygen atoms in total. The van der Waals surface area contributed by atoms with Crippen LogP contribution in [-0.4, -0.2) is 71.8 Å². The number of benzene rings is 2. The number of rotatable bonds is 4. The maximum absolute atomic E-state index is 12.8. The predicted molar refractivity (Wildman–Crippen MR) is 123 cm³/mol. The minimum absolute atomic E-state index is 0.0992. The molecule has 0 N–H and O–H groups in total. The summed E-state index contributed by atoms with van der Waals surface area (Å²) in [6.45, 7) is 4.76. The summed E-state index contributed by atoms with van der Waals surface area (Å²) in [7, 11) is 0. The van der Waals surface area contributed by atoms with E-state index in [1.807, 2.05) is 69.1 Å². The molecule has 0 atom stereocenters. The molecule has 2 saturated heterocycles. The van der Waals surface area contributed by atoms with Crippen LogP contribution in [0.4, 0.5) is 0 Å². The number of carbonyl (C=O) groups is 2. The smallest absolute Gasteiger partial charge is 0.254 e. The predicted octanol–water partition coefficient (Wildman–Crippen LogP) is 3.70. The van der Waals surface area contributed by atoms with Gasteiger partial charge < -0.3 is 9.80 Å². The van der Waals surface area contributed by atoms with Crippen molar-refractivity contribution in [1.29, 1.82) is 0 Å². The Morgan fingerprint density at radius 1 is 0.710 bits per heavy atom. The van der Waals surface area contributed by atoms with Gasteiger partial charge >= 0.3 is 0 Å². The van der Waals surface area contributed by atoms with Gasteiger partial charge in [0.15, 0.2) is 0 Å². The normalized spacial score (nSPS) is 17.4. The van der Waals surface area contributed by atoms with Gasteiger partial charge in [0.25, 0.3) is 11.8 Å². The van der Waals surface area contributed by atoms with Crippen molar-refractivity contribution in [3.63, 3.8) is 0 Å². The van der Waals surface area contributed by atoms with E-state index < -0.39 is 0 Å². The highest BCUT2D eigenvalue weighted by atomic mass is 32.1. The molecule has 0 bridgehead atoms. The SMILES string of the molecule is O=C(c1ccsc1)N1CCN(C2CN(C(=O)c3ccc(-c4ccccc4)cc3)C2)CC1. The first-order valence-electron chi connectivity index (χ1n) is 10.7. The fraction of sp³-hybridized carbons (Fsp3) is 0.280. The van der Waals surface area contributed by atoms with Crippen molar-refractivity contribution in [2.24, 2.45) is 0 Å². The molecule has 31 heavy (non-hydrogen) atoms. The van der Waals surface area contributed by atoms with Crippen molar-refractivity contribution >= 4 is 23.2 Å². The second-order valence-corrected chi connectivity index (χ2v) is 8.93. The van der Waals surface area contributed by atoms with Gasteiger partial charge in [-0.1, -0.05) is 42.5 Å². The Labute approximate surface area is 186 Å². The van der Waals surface area contributed by atoms with E-state index in [1.54, 1.807) is 11.3 Å². The van der Waals surface area contributed by atoms with E-state index in [4.69, 9.17) is 0 Å². The summed E-state index contributed by atoms with van der Waals surface area (Å²) in [6, 6.07) is 20.4. The van der Waals surface area contributed by atoms with Crippen LogP contribution in [0.15, 0.2) is 71.4 Å². The Balaban J connectivity index is 1.12. The molecule has 1 aromatic heterocycles. The van der Waals surface area contributed by atoms with Gasteiger partial charge in [-0.05, 0) is 34.7 Å². The lowest BCUT2D eigenvalue weighted by molar-refractivity contribution is 0.00855. The van der Waals surface area contributed by atoms with E-state index in [0.29, 0.717) is 6.04 Å². The first kappa shape index (κ1) is 20.0. The maximum atomic E-state index is 12.8. The zero-order valence-electron chi connectivity index (χ0n) is 17.3. The van der Waals surface area contributed by atoms with Crippen LogP contribution in [0.2, 0.25) is 0 Å². The first-order chi connectivity index (χ1) is 15.2. The monoisotopic (exact) mass is 431 g/mol. The lowest BCUT2D eigenvalue weighted by atomic mass is 10.0. The van der Waals surface area contributed by atoms with Gasteiger partial charge in [-0.3, -0.25) is 14.5 Å². The van der Waals surface area contributed by atoms with E-state index >= 15 is 0 Å². The molecule has 2 fully saturated rings. The minimum atomic E-state index is 0.0992. The summed E-state index contributed by atoms with van der Waals surface area (Å²) in [6.07, 6.45) is 0. The van der Waals surface area contributed by atoms with Gasteiger partial charge in [-0.15, -0.1) is 0 Å². The molecular formula is C25H25N3O2S. The number of carbonyl (C=O) groups excluding carboxylic acids is 2. The van der Waals surface area contributed by atoms with Gasteiger partial charge in [0.1, 0.15) is 0 Å². The summed E-state index contributed by atoms with van der Waals surface area (Å²) < 4.78 is 0. The number of likely N-dealkylation sites (tertiary alicyclic amines) is 1. The number of nitrogens with zero attached hydrogens (tertiary/aromatic N) is 3. The summed E-state index contributed by atoms with van der Waals surface area (Å²) >= 11 is 1.56. The van der Waals surface area contributed by atoms with Crippen LogP contribution < -0.4 is 0 Å². The summed E-state index contributed by atoms with van der Waals surface area (Å²) in [4.78, 5) is 31.6. The summed E-state index contributed by atoms with van der Waals surface area (Å²) in [5.41, 5.74) is 3.80. The zero-order chi connectivity index (χ0) is 21.2. The molecule has 3 heterocycles. The number of piperazine rings is 1. The van der Waals surface area contributed by atoms with E-state index in [1.165, 1.54) is 0 Å². The van der Waals surface area contributed by atoms with Crippen LogP contribution in [0.5, 0.6) is 0 Å². The van der Waals surface area contributed by atoms with Crippen LogP contribution >= 0.6 is 11.3 Å². The number of hydrogen-bond acceptors (Lipinski definition) is 4. The van der Waals surface area contributed by atoms with E-state index in [2.05, 4.69) is 17.0 Å². The van der Waals surface area contributed by atoms with E-state index in [9.17, 15) is 9.59 Å². The Morgan fingerprint density at radius 3 is 2.00 bits per heavy atom. The first-order valence-corrected chi connectivity index (χ1v) is 11.6. The highest BCUT2D eigenvalue weighted by molar-refractivity contribution is 7.08. The lowest BCUT2D eigenvalue weighted by Crippen LogP contribution is -2.64. The van der Waals surface area contributed by atoms with E-state index in [-0.39, 0.29) is 11.8 Å². The minimum Gasteiger partial charge on any atom is -0.336 e. The van der Waals surface area contributed by atoms with Crippen molar-refractivity contribution in [3.05, 3.63) is 82.6 Å². The van der Waals surface area contributed by atoms with Crippen molar-refractivity contribution in [3.8, 4) is 11.1 Å². The van der Waals surface area contributed by atoms with Crippen LogP contribution in [0.25, 0.3) is 11.1 Å². The van der Waals surface area contributed by atoms with Crippen molar-refractivity contribution in [2.75, 3.05) is 39.3 Å². The Kier molecular flexibility index (Phi) is 5.57. The maximum Gasteiger partial charge on any atom is 0.254 e. The Morgan fingerprint density at radius 2 is 1.35 bits per heavy atom. The molecule has 2 amide bonds. The molecule has 0 spiro atoms. The molecule has 3 aromatic rings. The van der Waals surface area contributed by atoms with Crippen molar-refractivity contribution < 1.29 is 9.59 Å². The third-order valence-electron chi connectivity index (χ3n) is 6.27. The fourth-order valence-electron chi connectivity index (χ4n) is 4.33. The molecule has 2 aliphatic heterocycles. The molecule has 2 aromatic carbocycles. The highest BCUT2D eigenvalue weighted by Gasteiger charge is 2.37. The molecule has 2 aliphatic rings. The topological polar surface area (TPSA) is 43.9 Å². The fourth-order valence-corrected chi connectivity index (χ4v) is 4.96. The van der Waals surface area contributed by atoms with Crippen LogP contribution in [0.3, 0.4) is 0 Å². The second-order valence-electron chi connectivity index (χ2n) is 8.15. The summed E-state index contributed by atoms with van der Waals surface area (Å²) in [5, 5.41) is 3.86.